The number of rotatable bonds is 4. The third kappa shape index (κ3) is 3.84. The average molecular weight is 367 g/mol. The number of nitrogens with zero attached hydrogens (tertiary/aromatic N) is 4. The van der Waals surface area contributed by atoms with Gasteiger partial charge in [0.25, 0.3) is 5.91 Å². The monoisotopic (exact) mass is 367 g/mol. The maximum atomic E-state index is 12.7. The molecule has 27 heavy (non-hydrogen) atoms. The van der Waals surface area contributed by atoms with Crippen LogP contribution in [0, 0.1) is 13.8 Å². The molecule has 1 amide bonds. The zero-order valence-corrected chi connectivity index (χ0v) is 15.3. The van der Waals surface area contributed by atoms with Crippen LogP contribution in [0.2, 0.25) is 0 Å². The Balaban J connectivity index is 1.35. The lowest BCUT2D eigenvalue weighted by atomic mass is 10.1. The molecule has 0 aliphatic carbocycles. The molecule has 0 unspecified atom stereocenters. The Hall–Kier alpha value is -3.16. The summed E-state index contributed by atoms with van der Waals surface area (Å²) in [6, 6.07) is 7.17. The van der Waals surface area contributed by atoms with E-state index in [4.69, 9.17) is 9.15 Å². The fraction of sp³-hybridized carbons (Fsp3) is 0.368. The summed E-state index contributed by atoms with van der Waals surface area (Å²) in [5.74, 6) is 1.86. The van der Waals surface area contributed by atoms with Gasteiger partial charge in [-0.2, -0.15) is 10.1 Å². The molecule has 8 nitrogen and oxygen atoms in total. The van der Waals surface area contributed by atoms with Crippen molar-refractivity contribution in [1.82, 2.24) is 25.1 Å². The predicted octanol–water partition coefficient (Wildman–Crippen LogP) is 2.76. The van der Waals surface area contributed by atoms with Crippen LogP contribution in [0.3, 0.4) is 0 Å². The number of aryl methyl sites for hydroxylation is 2. The Morgan fingerprint density at radius 1 is 1.26 bits per heavy atom. The van der Waals surface area contributed by atoms with Crippen molar-refractivity contribution in [2.45, 2.75) is 32.8 Å². The molecule has 4 rings (SSSR count). The van der Waals surface area contributed by atoms with Gasteiger partial charge in [0.1, 0.15) is 17.6 Å². The minimum Gasteiger partial charge on any atom is -0.474 e. The Bertz CT molecular complexity index is 906. The van der Waals surface area contributed by atoms with Crippen LogP contribution in [0.5, 0.6) is 5.88 Å². The van der Waals surface area contributed by atoms with Crippen LogP contribution in [0.25, 0.3) is 11.5 Å². The van der Waals surface area contributed by atoms with Gasteiger partial charge in [-0.05, 0) is 26.0 Å². The van der Waals surface area contributed by atoms with Crippen molar-refractivity contribution < 1.29 is 13.9 Å². The second-order valence-electron chi connectivity index (χ2n) is 6.65. The van der Waals surface area contributed by atoms with E-state index < -0.39 is 0 Å². The van der Waals surface area contributed by atoms with E-state index in [9.17, 15) is 4.79 Å². The Kier molecular flexibility index (Phi) is 4.62. The van der Waals surface area contributed by atoms with Gasteiger partial charge in [-0.25, -0.2) is 4.98 Å². The van der Waals surface area contributed by atoms with Crippen LogP contribution in [0.4, 0.5) is 0 Å². The number of hydrogen-bond donors (Lipinski definition) is 1. The van der Waals surface area contributed by atoms with Gasteiger partial charge in [0.05, 0.1) is 6.26 Å². The van der Waals surface area contributed by atoms with E-state index >= 15 is 0 Å². The number of ether oxygens (including phenoxy) is 1. The largest absolute Gasteiger partial charge is 0.474 e. The molecule has 0 atom stereocenters. The molecule has 0 bridgehead atoms. The van der Waals surface area contributed by atoms with Gasteiger partial charge in [0.2, 0.25) is 5.88 Å². The number of piperidine rings is 1. The molecule has 1 fully saturated rings. The van der Waals surface area contributed by atoms with E-state index in [0.717, 1.165) is 18.5 Å². The molecule has 3 aromatic heterocycles. The highest BCUT2D eigenvalue weighted by molar-refractivity contribution is 5.93. The molecule has 0 saturated carbocycles. The Morgan fingerprint density at radius 2 is 2.07 bits per heavy atom. The first kappa shape index (κ1) is 17.3. The number of carbonyl (C=O) groups excluding carboxylic acids is 1. The van der Waals surface area contributed by atoms with E-state index in [1.54, 1.807) is 23.3 Å². The smallest absolute Gasteiger partial charge is 0.274 e. The molecular formula is C19H21N5O3. The molecule has 3 aromatic rings. The number of amides is 1. The van der Waals surface area contributed by atoms with Crippen LogP contribution in [0.1, 0.15) is 34.8 Å². The van der Waals surface area contributed by atoms with Crippen molar-refractivity contribution >= 4 is 5.91 Å². The molecule has 1 aliphatic rings. The molecule has 8 heteroatoms. The summed E-state index contributed by atoms with van der Waals surface area (Å²) in [7, 11) is 0. The van der Waals surface area contributed by atoms with Crippen molar-refractivity contribution in [3.05, 3.63) is 47.7 Å². The number of likely N-dealkylation sites (tertiary alicyclic amines) is 1. The zero-order chi connectivity index (χ0) is 18.8. The first-order valence-corrected chi connectivity index (χ1v) is 8.96. The molecule has 1 aliphatic heterocycles. The van der Waals surface area contributed by atoms with Crippen molar-refractivity contribution in [2.24, 2.45) is 0 Å². The minimum absolute atomic E-state index is 0.0422. The van der Waals surface area contributed by atoms with Crippen LogP contribution in [0.15, 0.2) is 34.9 Å². The predicted molar refractivity (Wildman–Crippen MR) is 97.3 cm³/mol. The Labute approximate surface area is 156 Å². The highest BCUT2D eigenvalue weighted by atomic mass is 16.5. The summed E-state index contributed by atoms with van der Waals surface area (Å²) in [5, 5.41) is 6.98. The first-order valence-electron chi connectivity index (χ1n) is 8.96. The average Bonchev–Trinajstić information content (AvgIpc) is 3.32. The third-order valence-electron chi connectivity index (χ3n) is 4.54. The van der Waals surface area contributed by atoms with Gasteiger partial charge in [-0.1, -0.05) is 0 Å². The summed E-state index contributed by atoms with van der Waals surface area (Å²) < 4.78 is 11.3. The van der Waals surface area contributed by atoms with E-state index in [0.29, 0.717) is 41.9 Å². The number of H-pyrrole nitrogens is 1. The van der Waals surface area contributed by atoms with Crippen LogP contribution in [-0.4, -0.2) is 50.2 Å². The second-order valence-corrected chi connectivity index (χ2v) is 6.65. The third-order valence-corrected chi connectivity index (χ3v) is 4.54. The summed E-state index contributed by atoms with van der Waals surface area (Å²) in [5.41, 5.74) is 1.97. The molecule has 1 saturated heterocycles. The summed E-state index contributed by atoms with van der Waals surface area (Å²) in [4.78, 5) is 23.1. The van der Waals surface area contributed by atoms with Gasteiger partial charge in [-0.3, -0.25) is 9.89 Å². The molecule has 0 spiro atoms. The number of aromatic amines is 1. The zero-order valence-electron chi connectivity index (χ0n) is 15.3. The second kappa shape index (κ2) is 7.22. The van der Waals surface area contributed by atoms with Crippen molar-refractivity contribution in [3.8, 4) is 17.3 Å². The minimum atomic E-state index is -0.0868. The van der Waals surface area contributed by atoms with E-state index in [1.807, 2.05) is 26.0 Å². The summed E-state index contributed by atoms with van der Waals surface area (Å²) in [6.45, 7) is 5.01. The molecule has 1 N–H and O–H groups in total. The van der Waals surface area contributed by atoms with Crippen LogP contribution in [-0.2, 0) is 0 Å². The van der Waals surface area contributed by atoms with Gasteiger partial charge in [0.15, 0.2) is 11.5 Å². The van der Waals surface area contributed by atoms with E-state index in [1.165, 1.54) is 0 Å². The van der Waals surface area contributed by atoms with Crippen molar-refractivity contribution in [2.75, 3.05) is 13.1 Å². The first-order chi connectivity index (χ1) is 13.1. The van der Waals surface area contributed by atoms with Gasteiger partial charge >= 0.3 is 0 Å². The quantitative estimate of drug-likeness (QED) is 0.761. The van der Waals surface area contributed by atoms with Gasteiger partial charge in [0, 0.05) is 43.8 Å². The fourth-order valence-electron chi connectivity index (χ4n) is 3.24. The molecular weight excluding hydrogens is 346 g/mol. The molecule has 140 valence electrons. The fourth-order valence-corrected chi connectivity index (χ4v) is 3.24. The molecule has 4 heterocycles. The normalized spacial score (nSPS) is 15.1. The highest BCUT2D eigenvalue weighted by Gasteiger charge is 2.26. The molecule has 0 aromatic carbocycles. The maximum Gasteiger partial charge on any atom is 0.274 e. The lowest BCUT2D eigenvalue weighted by Gasteiger charge is -2.31. The number of aromatic nitrogens is 4. The van der Waals surface area contributed by atoms with Crippen molar-refractivity contribution in [1.29, 1.82) is 0 Å². The number of hydrogen-bond acceptors (Lipinski definition) is 6. The van der Waals surface area contributed by atoms with Gasteiger partial charge < -0.3 is 14.1 Å². The van der Waals surface area contributed by atoms with Crippen LogP contribution < -0.4 is 4.74 Å². The summed E-state index contributed by atoms with van der Waals surface area (Å²) >= 11 is 0. The molecule has 0 radical (unpaired) electrons. The Morgan fingerprint density at radius 3 is 2.78 bits per heavy atom. The maximum absolute atomic E-state index is 12.7. The number of nitrogens with one attached hydrogen (secondary N) is 1. The topological polar surface area (TPSA) is 97.1 Å². The standard InChI is InChI=1S/C19H21N5O3/c1-12-10-18(21-13(2)20-12)27-14-5-7-24(8-6-14)19(25)16-11-15(22-23-16)17-4-3-9-26-17/h3-4,9-11,14H,5-8H2,1-2H3,(H,22,23). The lowest BCUT2D eigenvalue weighted by Crippen LogP contribution is -2.42. The lowest BCUT2D eigenvalue weighted by molar-refractivity contribution is 0.0582. The highest BCUT2D eigenvalue weighted by Crippen LogP contribution is 2.21. The summed E-state index contributed by atoms with van der Waals surface area (Å²) in [6.07, 6.45) is 3.14. The van der Waals surface area contributed by atoms with Gasteiger partial charge in [-0.15, -0.1) is 0 Å². The number of carbonyl (C=O) groups is 1. The SMILES string of the molecule is Cc1cc(OC2CCN(C(=O)c3cc(-c4ccco4)[nH]n3)CC2)nc(C)n1. The number of furan rings is 1. The van der Waals surface area contributed by atoms with E-state index in [-0.39, 0.29) is 12.0 Å². The van der Waals surface area contributed by atoms with Crippen LogP contribution >= 0.6 is 0 Å². The van der Waals surface area contributed by atoms with E-state index in [2.05, 4.69) is 20.2 Å². The van der Waals surface area contributed by atoms with Crippen molar-refractivity contribution in [3.63, 3.8) is 0 Å².